The number of rotatable bonds is 8. The molecule has 0 aromatic rings. The summed E-state index contributed by atoms with van der Waals surface area (Å²) in [7, 11) is 0. The van der Waals surface area contributed by atoms with Gasteiger partial charge in [0.25, 0.3) is 0 Å². The molecular formula is C11H23IN2O. The maximum Gasteiger partial charge on any atom is 0.0594 e. The van der Waals surface area contributed by atoms with E-state index in [1.807, 2.05) is 0 Å². The molecule has 4 heteroatoms. The van der Waals surface area contributed by atoms with Crippen LogP contribution in [0.1, 0.15) is 19.3 Å². The number of hydrogen-bond acceptors (Lipinski definition) is 3. The van der Waals surface area contributed by atoms with Crippen LogP contribution in [0.3, 0.4) is 0 Å². The third-order valence-corrected chi connectivity index (χ3v) is 3.46. The van der Waals surface area contributed by atoms with Crippen LogP contribution in [0, 0.1) is 0 Å². The van der Waals surface area contributed by atoms with Gasteiger partial charge in [0.2, 0.25) is 0 Å². The van der Waals surface area contributed by atoms with E-state index in [9.17, 15) is 0 Å². The zero-order valence-electron chi connectivity index (χ0n) is 9.51. The zero-order chi connectivity index (χ0) is 10.8. The first kappa shape index (κ1) is 13.7. The highest BCUT2D eigenvalue weighted by Crippen LogP contribution is 1.98. The number of halogens is 1. The first-order chi connectivity index (χ1) is 7.43. The fourth-order valence-corrected chi connectivity index (χ4v) is 2.25. The normalized spacial score (nSPS) is 18.2. The van der Waals surface area contributed by atoms with Crippen LogP contribution in [0.25, 0.3) is 0 Å². The summed E-state index contributed by atoms with van der Waals surface area (Å²) in [6.45, 7) is 7.53. The van der Waals surface area contributed by atoms with Gasteiger partial charge in [-0.1, -0.05) is 29.0 Å². The van der Waals surface area contributed by atoms with Crippen LogP contribution in [0.2, 0.25) is 0 Å². The fourth-order valence-electron chi connectivity index (χ4n) is 1.71. The number of morpholine rings is 1. The van der Waals surface area contributed by atoms with E-state index in [0.29, 0.717) is 0 Å². The molecule has 1 rings (SSSR count). The van der Waals surface area contributed by atoms with Crippen molar-refractivity contribution in [1.29, 1.82) is 0 Å². The van der Waals surface area contributed by atoms with Gasteiger partial charge in [0.15, 0.2) is 0 Å². The molecular weight excluding hydrogens is 303 g/mol. The largest absolute Gasteiger partial charge is 0.379 e. The van der Waals surface area contributed by atoms with Crippen molar-refractivity contribution in [3.8, 4) is 0 Å². The average Bonchev–Trinajstić information content (AvgIpc) is 2.29. The number of hydrogen-bond donors (Lipinski definition) is 1. The van der Waals surface area contributed by atoms with Crippen molar-refractivity contribution in [3.63, 3.8) is 0 Å². The van der Waals surface area contributed by atoms with Gasteiger partial charge in [-0.15, -0.1) is 0 Å². The van der Waals surface area contributed by atoms with E-state index >= 15 is 0 Å². The van der Waals surface area contributed by atoms with E-state index in [0.717, 1.165) is 32.8 Å². The second kappa shape index (κ2) is 9.81. The topological polar surface area (TPSA) is 24.5 Å². The van der Waals surface area contributed by atoms with Crippen molar-refractivity contribution in [3.05, 3.63) is 0 Å². The summed E-state index contributed by atoms with van der Waals surface area (Å²) in [6, 6.07) is 0. The Morgan fingerprint density at radius 1 is 1.07 bits per heavy atom. The molecule has 0 aromatic carbocycles. The first-order valence-corrected chi connectivity index (χ1v) is 7.53. The van der Waals surface area contributed by atoms with Crippen molar-refractivity contribution >= 4 is 22.6 Å². The lowest BCUT2D eigenvalue weighted by molar-refractivity contribution is 0.0384. The summed E-state index contributed by atoms with van der Waals surface area (Å²) in [5.74, 6) is 0. The molecule has 0 radical (unpaired) electrons. The lowest BCUT2D eigenvalue weighted by Crippen LogP contribution is -2.40. The van der Waals surface area contributed by atoms with E-state index in [1.165, 1.54) is 36.8 Å². The highest BCUT2D eigenvalue weighted by atomic mass is 127. The molecule has 0 amide bonds. The standard InChI is InChI=1S/C11H23IN2O/c12-4-2-1-3-5-13-6-7-14-8-10-15-11-9-14/h13H,1-11H2. The maximum absolute atomic E-state index is 5.31. The molecule has 1 saturated heterocycles. The van der Waals surface area contributed by atoms with Gasteiger partial charge in [-0.05, 0) is 23.8 Å². The minimum Gasteiger partial charge on any atom is -0.379 e. The van der Waals surface area contributed by atoms with Crippen LogP contribution in [0.5, 0.6) is 0 Å². The number of nitrogens with one attached hydrogen (secondary N) is 1. The number of ether oxygens (including phenoxy) is 1. The van der Waals surface area contributed by atoms with Gasteiger partial charge in [-0.25, -0.2) is 0 Å². The lowest BCUT2D eigenvalue weighted by atomic mass is 10.2. The molecule has 15 heavy (non-hydrogen) atoms. The SMILES string of the molecule is ICCCCCNCCN1CCOCC1. The molecule has 1 fully saturated rings. The lowest BCUT2D eigenvalue weighted by Gasteiger charge is -2.26. The van der Waals surface area contributed by atoms with E-state index in [-0.39, 0.29) is 0 Å². The Morgan fingerprint density at radius 2 is 1.87 bits per heavy atom. The fraction of sp³-hybridized carbons (Fsp3) is 1.00. The summed E-state index contributed by atoms with van der Waals surface area (Å²) in [5.41, 5.74) is 0. The quantitative estimate of drug-likeness (QED) is 0.416. The Labute approximate surface area is 107 Å². The van der Waals surface area contributed by atoms with Crippen molar-refractivity contribution in [1.82, 2.24) is 10.2 Å². The van der Waals surface area contributed by atoms with Gasteiger partial charge in [-0.3, -0.25) is 4.90 Å². The number of alkyl halides is 1. The Hall–Kier alpha value is 0.610. The summed E-state index contributed by atoms with van der Waals surface area (Å²) in [5, 5.41) is 3.51. The predicted molar refractivity (Wildman–Crippen MR) is 72.9 cm³/mol. The molecule has 0 aromatic heterocycles. The second-order valence-electron chi connectivity index (χ2n) is 3.95. The number of unbranched alkanes of at least 4 members (excludes halogenated alkanes) is 2. The third-order valence-electron chi connectivity index (χ3n) is 2.70. The van der Waals surface area contributed by atoms with Gasteiger partial charge in [-0.2, -0.15) is 0 Å². The predicted octanol–water partition coefficient (Wildman–Crippen LogP) is 1.51. The molecule has 0 atom stereocenters. The summed E-state index contributed by atoms with van der Waals surface area (Å²) in [6.07, 6.45) is 4.06. The molecule has 1 N–H and O–H groups in total. The van der Waals surface area contributed by atoms with Crippen molar-refractivity contribution in [2.24, 2.45) is 0 Å². The van der Waals surface area contributed by atoms with Crippen LogP contribution < -0.4 is 5.32 Å². The number of nitrogens with zero attached hydrogens (tertiary/aromatic N) is 1. The highest BCUT2D eigenvalue weighted by molar-refractivity contribution is 14.1. The minimum atomic E-state index is 0.912. The van der Waals surface area contributed by atoms with Gasteiger partial charge in [0.05, 0.1) is 13.2 Å². The van der Waals surface area contributed by atoms with Gasteiger partial charge in [0.1, 0.15) is 0 Å². The highest BCUT2D eigenvalue weighted by Gasteiger charge is 2.08. The molecule has 1 aliphatic rings. The first-order valence-electron chi connectivity index (χ1n) is 6.00. The molecule has 0 spiro atoms. The van der Waals surface area contributed by atoms with Crippen LogP contribution in [-0.2, 0) is 4.74 Å². The molecule has 0 aliphatic carbocycles. The van der Waals surface area contributed by atoms with Crippen molar-refractivity contribution in [2.75, 3.05) is 50.4 Å². The Kier molecular flexibility index (Phi) is 8.94. The maximum atomic E-state index is 5.31. The molecule has 0 unspecified atom stereocenters. The van der Waals surface area contributed by atoms with Crippen molar-refractivity contribution in [2.45, 2.75) is 19.3 Å². The average molecular weight is 326 g/mol. The van der Waals surface area contributed by atoms with E-state index in [4.69, 9.17) is 4.74 Å². The van der Waals surface area contributed by atoms with Crippen LogP contribution in [0.15, 0.2) is 0 Å². The minimum absolute atomic E-state index is 0.912. The van der Waals surface area contributed by atoms with Crippen LogP contribution >= 0.6 is 22.6 Å². The summed E-state index contributed by atoms with van der Waals surface area (Å²) < 4.78 is 6.61. The molecule has 1 aliphatic heterocycles. The third kappa shape index (κ3) is 7.49. The molecule has 90 valence electrons. The Bertz CT molecular complexity index is 141. The zero-order valence-corrected chi connectivity index (χ0v) is 11.7. The monoisotopic (exact) mass is 326 g/mol. The van der Waals surface area contributed by atoms with Gasteiger partial charge in [0, 0.05) is 26.2 Å². The molecule has 3 nitrogen and oxygen atoms in total. The second-order valence-corrected chi connectivity index (χ2v) is 5.03. The van der Waals surface area contributed by atoms with E-state index in [2.05, 4.69) is 32.8 Å². The molecule has 0 bridgehead atoms. The Balaban J connectivity index is 1.79. The van der Waals surface area contributed by atoms with Gasteiger partial charge < -0.3 is 10.1 Å². The van der Waals surface area contributed by atoms with E-state index < -0.39 is 0 Å². The van der Waals surface area contributed by atoms with E-state index in [1.54, 1.807) is 0 Å². The van der Waals surface area contributed by atoms with Gasteiger partial charge >= 0.3 is 0 Å². The summed E-state index contributed by atoms with van der Waals surface area (Å²) in [4.78, 5) is 2.47. The molecule has 1 heterocycles. The smallest absolute Gasteiger partial charge is 0.0594 e. The molecule has 0 saturated carbocycles. The van der Waals surface area contributed by atoms with Crippen LogP contribution in [-0.4, -0.2) is 55.3 Å². The Morgan fingerprint density at radius 3 is 2.60 bits per heavy atom. The van der Waals surface area contributed by atoms with Crippen molar-refractivity contribution < 1.29 is 4.74 Å². The summed E-state index contributed by atoms with van der Waals surface area (Å²) >= 11 is 2.45. The van der Waals surface area contributed by atoms with Crippen LogP contribution in [0.4, 0.5) is 0 Å².